The van der Waals surface area contributed by atoms with E-state index in [2.05, 4.69) is 10.2 Å². The van der Waals surface area contributed by atoms with Crippen molar-refractivity contribution in [2.24, 2.45) is 0 Å². The maximum atomic E-state index is 13.1. The molecule has 8 nitrogen and oxygen atoms in total. The molecule has 2 amide bonds. The summed E-state index contributed by atoms with van der Waals surface area (Å²) in [5.74, 6) is -0.883. The molecule has 2 fully saturated rings. The Labute approximate surface area is 180 Å². The van der Waals surface area contributed by atoms with E-state index in [1.807, 2.05) is 0 Å². The van der Waals surface area contributed by atoms with Crippen molar-refractivity contribution in [3.05, 3.63) is 59.9 Å². The van der Waals surface area contributed by atoms with E-state index in [9.17, 15) is 22.4 Å². The zero-order valence-electron chi connectivity index (χ0n) is 16.8. The molecule has 4 rings (SSSR count). The smallest absolute Gasteiger partial charge is 0.254 e. The summed E-state index contributed by atoms with van der Waals surface area (Å²) in [5, 5.41) is 2.60. The van der Waals surface area contributed by atoms with Gasteiger partial charge in [-0.25, -0.2) is 12.8 Å². The molecular formula is C21H23FN4O4S. The first-order chi connectivity index (χ1) is 14.8. The Bertz CT molecular complexity index is 1080. The topological polar surface area (TPSA) is 90.0 Å². The minimum Gasteiger partial charge on any atom is -0.368 e. The van der Waals surface area contributed by atoms with Crippen LogP contribution < -0.4 is 10.2 Å². The van der Waals surface area contributed by atoms with E-state index < -0.39 is 10.0 Å². The van der Waals surface area contributed by atoms with E-state index in [0.717, 1.165) is 9.99 Å². The van der Waals surface area contributed by atoms with Crippen LogP contribution in [0.5, 0.6) is 0 Å². The molecule has 0 atom stereocenters. The fourth-order valence-corrected chi connectivity index (χ4v) is 5.20. The normalized spacial score (nSPS) is 18.0. The number of hydrogen-bond donors (Lipinski definition) is 1. The van der Waals surface area contributed by atoms with E-state index in [4.69, 9.17) is 0 Å². The minimum absolute atomic E-state index is 0.00185. The second-order valence-electron chi connectivity index (χ2n) is 7.47. The summed E-state index contributed by atoms with van der Waals surface area (Å²) in [4.78, 5) is 28.3. The van der Waals surface area contributed by atoms with Crippen LogP contribution in [-0.4, -0.2) is 75.3 Å². The molecule has 2 aliphatic rings. The fourth-order valence-electron chi connectivity index (χ4n) is 3.76. The van der Waals surface area contributed by atoms with Crippen LogP contribution in [0.4, 0.5) is 10.1 Å². The highest BCUT2D eigenvalue weighted by Crippen LogP contribution is 2.21. The van der Waals surface area contributed by atoms with Crippen LogP contribution in [0.25, 0.3) is 0 Å². The van der Waals surface area contributed by atoms with E-state index >= 15 is 0 Å². The Balaban J connectivity index is 1.45. The number of hydrogen-bond acceptors (Lipinski definition) is 5. The van der Waals surface area contributed by atoms with Gasteiger partial charge in [-0.15, -0.1) is 0 Å². The average molecular weight is 447 g/mol. The van der Waals surface area contributed by atoms with Crippen LogP contribution in [0.15, 0.2) is 53.4 Å². The average Bonchev–Trinajstić information content (AvgIpc) is 2.79. The molecule has 0 radical (unpaired) electrons. The summed E-state index contributed by atoms with van der Waals surface area (Å²) in [6, 6.07) is 12.2. The Morgan fingerprint density at radius 2 is 1.68 bits per heavy atom. The van der Waals surface area contributed by atoms with Crippen LogP contribution in [0.3, 0.4) is 0 Å². The van der Waals surface area contributed by atoms with Gasteiger partial charge in [-0.1, -0.05) is 6.07 Å². The van der Waals surface area contributed by atoms with Crippen molar-refractivity contribution in [1.82, 2.24) is 14.5 Å². The number of sulfonamides is 1. The van der Waals surface area contributed by atoms with Gasteiger partial charge in [0, 0.05) is 50.5 Å². The highest BCUT2D eigenvalue weighted by Gasteiger charge is 2.30. The van der Waals surface area contributed by atoms with Gasteiger partial charge in [-0.05, 0) is 42.5 Å². The summed E-state index contributed by atoms with van der Waals surface area (Å²) in [6.07, 6.45) is 0. The number of benzene rings is 2. The molecule has 0 spiro atoms. The molecule has 2 saturated heterocycles. The molecule has 2 aromatic rings. The molecule has 0 saturated carbocycles. The third-order valence-electron chi connectivity index (χ3n) is 5.48. The van der Waals surface area contributed by atoms with E-state index in [1.54, 1.807) is 29.2 Å². The lowest BCUT2D eigenvalue weighted by molar-refractivity contribution is -0.122. The quantitative estimate of drug-likeness (QED) is 0.754. The van der Waals surface area contributed by atoms with Crippen molar-refractivity contribution in [3.63, 3.8) is 0 Å². The molecule has 0 unspecified atom stereocenters. The van der Waals surface area contributed by atoms with Crippen LogP contribution >= 0.6 is 0 Å². The lowest BCUT2D eigenvalue weighted by Crippen LogP contribution is -2.50. The highest BCUT2D eigenvalue weighted by molar-refractivity contribution is 7.89. The first-order valence-corrected chi connectivity index (χ1v) is 11.5. The lowest BCUT2D eigenvalue weighted by atomic mass is 10.1. The largest absolute Gasteiger partial charge is 0.368 e. The van der Waals surface area contributed by atoms with Gasteiger partial charge in [0.1, 0.15) is 5.82 Å². The molecule has 0 aromatic heterocycles. The summed E-state index contributed by atoms with van der Waals surface area (Å²) < 4.78 is 40.0. The SMILES string of the molecule is O=C1CN(S(=O)(=O)c2cccc(C(=O)N3CCN(c4ccc(F)cc4)CC3)c2)CCN1. The molecule has 0 aliphatic carbocycles. The molecular weight excluding hydrogens is 423 g/mol. The number of piperazine rings is 2. The standard InChI is InChI=1S/C21H23FN4O4S/c22-17-4-6-18(7-5-17)24-10-12-25(13-11-24)21(28)16-2-1-3-19(14-16)31(29,30)26-9-8-23-20(27)15-26/h1-7,14H,8-13,15H2,(H,23,27). The van der Waals surface area contributed by atoms with Gasteiger partial charge in [0.05, 0.1) is 11.4 Å². The maximum Gasteiger partial charge on any atom is 0.254 e. The molecule has 0 bridgehead atoms. The van der Waals surface area contributed by atoms with Gasteiger partial charge in [0.15, 0.2) is 0 Å². The third-order valence-corrected chi connectivity index (χ3v) is 7.32. The van der Waals surface area contributed by atoms with Crippen molar-refractivity contribution in [3.8, 4) is 0 Å². The Hall–Kier alpha value is -2.98. The van der Waals surface area contributed by atoms with Crippen molar-refractivity contribution < 1.29 is 22.4 Å². The van der Waals surface area contributed by atoms with E-state index in [0.29, 0.717) is 26.2 Å². The highest BCUT2D eigenvalue weighted by atomic mass is 32.2. The van der Waals surface area contributed by atoms with Crippen molar-refractivity contribution in [2.75, 3.05) is 50.7 Å². The van der Waals surface area contributed by atoms with Gasteiger partial charge in [-0.2, -0.15) is 4.31 Å². The number of halogens is 1. The molecule has 31 heavy (non-hydrogen) atoms. The monoisotopic (exact) mass is 446 g/mol. The molecule has 10 heteroatoms. The van der Waals surface area contributed by atoms with Gasteiger partial charge >= 0.3 is 0 Å². The summed E-state index contributed by atoms with van der Waals surface area (Å²) in [7, 11) is -3.87. The fraction of sp³-hybridized carbons (Fsp3) is 0.333. The molecule has 2 aliphatic heterocycles. The number of anilines is 1. The van der Waals surface area contributed by atoms with Gasteiger partial charge in [-0.3, -0.25) is 9.59 Å². The van der Waals surface area contributed by atoms with Gasteiger partial charge in [0.2, 0.25) is 15.9 Å². The Morgan fingerprint density at radius 1 is 0.968 bits per heavy atom. The van der Waals surface area contributed by atoms with E-state index in [1.165, 1.54) is 24.3 Å². The summed E-state index contributed by atoms with van der Waals surface area (Å²) in [6.45, 7) is 2.36. The van der Waals surface area contributed by atoms with Crippen LogP contribution in [0.1, 0.15) is 10.4 Å². The minimum atomic E-state index is -3.87. The Morgan fingerprint density at radius 3 is 2.35 bits per heavy atom. The zero-order valence-corrected chi connectivity index (χ0v) is 17.6. The first kappa shape index (κ1) is 21.3. The van der Waals surface area contributed by atoms with Crippen molar-refractivity contribution in [1.29, 1.82) is 0 Å². The van der Waals surface area contributed by atoms with Gasteiger partial charge < -0.3 is 15.1 Å². The molecule has 2 aromatic carbocycles. The second-order valence-corrected chi connectivity index (χ2v) is 9.41. The second kappa shape index (κ2) is 8.64. The van der Waals surface area contributed by atoms with Gasteiger partial charge in [0.25, 0.3) is 5.91 Å². The molecule has 1 N–H and O–H groups in total. The maximum absolute atomic E-state index is 13.1. The Kier molecular flexibility index (Phi) is 5.92. The van der Waals surface area contributed by atoms with Crippen LogP contribution in [0.2, 0.25) is 0 Å². The number of nitrogens with zero attached hydrogens (tertiary/aromatic N) is 3. The number of carbonyl (C=O) groups is 2. The number of carbonyl (C=O) groups excluding carboxylic acids is 2. The molecule has 164 valence electrons. The number of rotatable bonds is 4. The van der Waals surface area contributed by atoms with Crippen molar-refractivity contribution in [2.45, 2.75) is 4.90 Å². The van der Waals surface area contributed by atoms with E-state index in [-0.39, 0.29) is 47.7 Å². The predicted octanol–water partition coefficient (Wildman–Crippen LogP) is 0.909. The lowest BCUT2D eigenvalue weighted by Gasteiger charge is -2.36. The molecule has 2 heterocycles. The predicted molar refractivity (Wildman–Crippen MR) is 113 cm³/mol. The first-order valence-electron chi connectivity index (χ1n) is 10.0. The van der Waals surface area contributed by atoms with Crippen molar-refractivity contribution >= 4 is 27.5 Å². The summed E-state index contributed by atoms with van der Waals surface area (Å²) in [5.41, 5.74) is 1.19. The van der Waals surface area contributed by atoms with Crippen LogP contribution in [-0.2, 0) is 14.8 Å². The number of amides is 2. The zero-order chi connectivity index (χ0) is 22.0. The number of nitrogens with one attached hydrogen (secondary N) is 1. The third kappa shape index (κ3) is 4.54. The van der Waals surface area contributed by atoms with Crippen LogP contribution in [0, 0.1) is 5.82 Å². The summed E-state index contributed by atoms with van der Waals surface area (Å²) >= 11 is 0.